The van der Waals surface area contributed by atoms with Gasteiger partial charge in [0, 0.05) is 23.6 Å². The fraction of sp³-hybridized carbons (Fsp3) is 0.316. The van der Waals surface area contributed by atoms with Crippen LogP contribution in [0.5, 0.6) is 11.5 Å². The van der Waals surface area contributed by atoms with Gasteiger partial charge in [-0.1, -0.05) is 23.8 Å². The molecular formula is C19H21NO3S. The molecule has 0 fully saturated rings. The highest BCUT2D eigenvalue weighted by Crippen LogP contribution is 2.32. The van der Waals surface area contributed by atoms with Crippen LogP contribution >= 0.6 is 11.8 Å². The van der Waals surface area contributed by atoms with Crippen molar-refractivity contribution in [1.82, 2.24) is 5.32 Å². The summed E-state index contributed by atoms with van der Waals surface area (Å²) >= 11 is 1.75. The quantitative estimate of drug-likeness (QED) is 0.617. The molecule has 1 aliphatic heterocycles. The first-order chi connectivity index (χ1) is 11.7. The molecule has 2 aromatic rings. The van der Waals surface area contributed by atoms with E-state index >= 15 is 0 Å². The van der Waals surface area contributed by atoms with Crippen molar-refractivity contribution in [2.45, 2.75) is 24.7 Å². The maximum absolute atomic E-state index is 11.9. The predicted octanol–water partition coefficient (Wildman–Crippen LogP) is 3.56. The maximum Gasteiger partial charge on any atom is 0.231 e. The van der Waals surface area contributed by atoms with Gasteiger partial charge in [-0.3, -0.25) is 4.79 Å². The topological polar surface area (TPSA) is 47.6 Å². The molecule has 126 valence electrons. The number of carbonyl (C=O) groups excluding carboxylic acids is 1. The van der Waals surface area contributed by atoms with E-state index in [1.54, 1.807) is 11.8 Å². The molecule has 0 saturated heterocycles. The van der Waals surface area contributed by atoms with E-state index in [2.05, 4.69) is 36.5 Å². The number of thioether (sulfide) groups is 1. The van der Waals surface area contributed by atoms with E-state index in [0.29, 0.717) is 19.4 Å². The van der Waals surface area contributed by atoms with Crippen LogP contribution in [-0.2, 0) is 11.2 Å². The zero-order valence-corrected chi connectivity index (χ0v) is 14.5. The zero-order valence-electron chi connectivity index (χ0n) is 13.7. The SMILES string of the molecule is Cc1ccc(SCCNC(=O)CCc2ccc3c(c2)OCO3)cc1. The Morgan fingerprint density at radius 3 is 2.75 bits per heavy atom. The van der Waals surface area contributed by atoms with Crippen LogP contribution in [0.2, 0.25) is 0 Å². The number of hydrogen-bond acceptors (Lipinski definition) is 4. The fourth-order valence-corrected chi connectivity index (χ4v) is 3.20. The average Bonchev–Trinajstić information content (AvgIpc) is 3.06. The Morgan fingerprint density at radius 2 is 1.92 bits per heavy atom. The second-order valence-electron chi connectivity index (χ2n) is 5.70. The Morgan fingerprint density at radius 1 is 1.12 bits per heavy atom. The van der Waals surface area contributed by atoms with Crippen LogP contribution in [0.15, 0.2) is 47.4 Å². The fourth-order valence-electron chi connectivity index (χ4n) is 2.44. The summed E-state index contributed by atoms with van der Waals surface area (Å²) in [6.07, 6.45) is 1.18. The van der Waals surface area contributed by atoms with Crippen molar-refractivity contribution in [3.8, 4) is 11.5 Å². The van der Waals surface area contributed by atoms with Crippen molar-refractivity contribution in [1.29, 1.82) is 0 Å². The van der Waals surface area contributed by atoms with Crippen LogP contribution in [0.4, 0.5) is 0 Å². The third-order valence-corrected chi connectivity index (χ3v) is 4.81. The molecular weight excluding hydrogens is 322 g/mol. The lowest BCUT2D eigenvalue weighted by Crippen LogP contribution is -2.25. The van der Waals surface area contributed by atoms with Crippen molar-refractivity contribution in [3.63, 3.8) is 0 Å². The van der Waals surface area contributed by atoms with Gasteiger partial charge < -0.3 is 14.8 Å². The van der Waals surface area contributed by atoms with Crippen LogP contribution < -0.4 is 14.8 Å². The highest BCUT2D eigenvalue weighted by atomic mass is 32.2. The molecule has 3 rings (SSSR count). The maximum atomic E-state index is 11.9. The van der Waals surface area contributed by atoms with Crippen molar-refractivity contribution in [2.24, 2.45) is 0 Å². The normalized spacial score (nSPS) is 12.2. The van der Waals surface area contributed by atoms with E-state index < -0.39 is 0 Å². The van der Waals surface area contributed by atoms with Crippen LogP contribution in [0.25, 0.3) is 0 Å². The molecule has 0 atom stereocenters. The Bertz CT molecular complexity index is 700. The monoisotopic (exact) mass is 343 g/mol. The van der Waals surface area contributed by atoms with Crippen LogP contribution in [0.1, 0.15) is 17.5 Å². The van der Waals surface area contributed by atoms with E-state index in [1.165, 1.54) is 10.5 Å². The lowest BCUT2D eigenvalue weighted by atomic mass is 10.1. The highest BCUT2D eigenvalue weighted by molar-refractivity contribution is 7.99. The second-order valence-corrected chi connectivity index (χ2v) is 6.87. The first kappa shape index (κ1) is 16.7. The first-order valence-corrected chi connectivity index (χ1v) is 9.04. The Balaban J connectivity index is 1.34. The van der Waals surface area contributed by atoms with E-state index in [9.17, 15) is 4.79 Å². The highest BCUT2D eigenvalue weighted by Gasteiger charge is 2.13. The Hall–Kier alpha value is -2.14. The number of nitrogens with one attached hydrogen (secondary N) is 1. The second kappa shape index (κ2) is 8.11. The van der Waals surface area contributed by atoms with Crippen molar-refractivity contribution >= 4 is 17.7 Å². The molecule has 1 aliphatic rings. The summed E-state index contributed by atoms with van der Waals surface area (Å²) < 4.78 is 10.6. The molecule has 0 radical (unpaired) electrons. The molecule has 0 unspecified atom stereocenters. The third-order valence-electron chi connectivity index (χ3n) is 3.79. The molecule has 0 aromatic heterocycles. The van der Waals surface area contributed by atoms with Crippen LogP contribution in [0.3, 0.4) is 0 Å². The van der Waals surface area contributed by atoms with Gasteiger partial charge in [-0.05, 0) is 43.2 Å². The molecule has 24 heavy (non-hydrogen) atoms. The number of amides is 1. The molecule has 0 saturated carbocycles. The van der Waals surface area contributed by atoms with E-state index in [1.807, 2.05) is 18.2 Å². The van der Waals surface area contributed by atoms with Crippen LogP contribution in [-0.4, -0.2) is 25.0 Å². The largest absolute Gasteiger partial charge is 0.454 e. The van der Waals surface area contributed by atoms with E-state index in [0.717, 1.165) is 22.8 Å². The lowest BCUT2D eigenvalue weighted by Gasteiger charge is -2.06. The summed E-state index contributed by atoms with van der Waals surface area (Å²) in [6.45, 7) is 3.03. The summed E-state index contributed by atoms with van der Waals surface area (Å²) in [4.78, 5) is 13.2. The molecule has 0 spiro atoms. The summed E-state index contributed by atoms with van der Waals surface area (Å²) in [5, 5.41) is 2.97. The van der Waals surface area contributed by atoms with E-state index in [-0.39, 0.29) is 12.7 Å². The van der Waals surface area contributed by atoms with Crippen molar-refractivity contribution in [2.75, 3.05) is 19.1 Å². The number of hydrogen-bond donors (Lipinski definition) is 1. The van der Waals surface area contributed by atoms with Gasteiger partial charge in [0.05, 0.1) is 0 Å². The minimum Gasteiger partial charge on any atom is -0.454 e. The molecule has 1 heterocycles. The molecule has 0 aliphatic carbocycles. The van der Waals surface area contributed by atoms with E-state index in [4.69, 9.17) is 9.47 Å². The summed E-state index contributed by atoms with van der Waals surface area (Å²) in [6, 6.07) is 14.3. The lowest BCUT2D eigenvalue weighted by molar-refractivity contribution is -0.120. The van der Waals surface area contributed by atoms with Gasteiger partial charge in [0.25, 0.3) is 0 Å². The summed E-state index contributed by atoms with van der Waals surface area (Å²) in [5.41, 5.74) is 2.35. The number of rotatable bonds is 7. The van der Waals surface area contributed by atoms with Crippen molar-refractivity contribution in [3.05, 3.63) is 53.6 Å². The zero-order chi connectivity index (χ0) is 16.8. The van der Waals surface area contributed by atoms with Gasteiger partial charge in [-0.25, -0.2) is 0 Å². The van der Waals surface area contributed by atoms with Gasteiger partial charge in [0.1, 0.15) is 0 Å². The predicted molar refractivity (Wildman–Crippen MR) is 95.8 cm³/mol. The minimum atomic E-state index is 0.0807. The van der Waals surface area contributed by atoms with Gasteiger partial charge >= 0.3 is 0 Å². The van der Waals surface area contributed by atoms with Crippen molar-refractivity contribution < 1.29 is 14.3 Å². The van der Waals surface area contributed by atoms with Gasteiger partial charge in [0.2, 0.25) is 12.7 Å². The van der Waals surface area contributed by atoms with Gasteiger partial charge in [-0.15, -0.1) is 11.8 Å². The minimum absolute atomic E-state index is 0.0807. The number of fused-ring (bicyclic) bond motifs is 1. The van der Waals surface area contributed by atoms with Crippen LogP contribution in [0, 0.1) is 6.92 Å². The number of carbonyl (C=O) groups is 1. The molecule has 1 amide bonds. The molecule has 0 bridgehead atoms. The Kier molecular flexibility index (Phi) is 5.64. The molecule has 5 heteroatoms. The van der Waals surface area contributed by atoms with Gasteiger partial charge in [-0.2, -0.15) is 0 Å². The number of aryl methyl sites for hydroxylation is 2. The molecule has 1 N–H and O–H groups in total. The smallest absolute Gasteiger partial charge is 0.231 e. The standard InChI is InChI=1S/C19H21NO3S/c1-14-2-6-16(7-3-14)24-11-10-20-19(21)9-5-15-4-8-17-18(12-15)23-13-22-17/h2-4,6-8,12H,5,9-11,13H2,1H3,(H,20,21). The Labute approximate surface area is 146 Å². The average molecular weight is 343 g/mol. The first-order valence-electron chi connectivity index (χ1n) is 8.05. The van der Waals surface area contributed by atoms with Gasteiger partial charge in [0.15, 0.2) is 11.5 Å². The summed E-state index contributed by atoms with van der Waals surface area (Å²) in [7, 11) is 0. The molecule has 4 nitrogen and oxygen atoms in total. The number of ether oxygens (including phenoxy) is 2. The summed E-state index contributed by atoms with van der Waals surface area (Å²) in [5.74, 6) is 2.50. The third kappa shape index (κ3) is 4.68. The number of benzene rings is 2. The molecule has 2 aromatic carbocycles.